The van der Waals surface area contributed by atoms with Crippen molar-refractivity contribution < 1.29 is 19.2 Å². The van der Waals surface area contributed by atoms with E-state index < -0.39 is 16.7 Å². The normalized spacial score (nSPS) is 10.4. The summed E-state index contributed by atoms with van der Waals surface area (Å²) in [4.78, 5) is 33.2. The number of nitro benzene ring substituents is 1. The molecule has 1 aromatic heterocycles. The van der Waals surface area contributed by atoms with Crippen LogP contribution in [0.1, 0.15) is 10.4 Å². The van der Waals surface area contributed by atoms with Gasteiger partial charge in [-0.1, -0.05) is 0 Å². The molecule has 0 fully saturated rings. The first-order chi connectivity index (χ1) is 8.95. The molecule has 0 saturated heterocycles. The molecule has 0 spiro atoms. The zero-order valence-electron chi connectivity index (χ0n) is 10.2. The lowest BCUT2D eigenvalue weighted by atomic mass is 10.1. The fraction of sp³-hybridized carbons (Fsp3) is 0.167. The highest BCUT2D eigenvalue weighted by Gasteiger charge is 2.22. The van der Waals surface area contributed by atoms with Crippen LogP contribution in [0.25, 0.3) is 10.9 Å². The van der Waals surface area contributed by atoms with E-state index in [1.165, 1.54) is 24.4 Å². The lowest BCUT2D eigenvalue weighted by molar-refractivity contribution is -0.384. The second-order valence-electron chi connectivity index (χ2n) is 3.93. The molecule has 0 radical (unpaired) electrons. The van der Waals surface area contributed by atoms with Crippen LogP contribution in [0.4, 0.5) is 5.69 Å². The van der Waals surface area contributed by atoms with Gasteiger partial charge in [-0.2, -0.15) is 0 Å². The topological polar surface area (TPSA) is 91.4 Å². The number of rotatable bonds is 3. The molecule has 2 aromatic rings. The van der Waals surface area contributed by atoms with E-state index in [9.17, 15) is 19.7 Å². The van der Waals surface area contributed by atoms with Gasteiger partial charge in [0.15, 0.2) is 0 Å². The third kappa shape index (κ3) is 2.05. The Balaban J connectivity index is 2.63. The number of fused-ring (bicyclic) bond motifs is 1. The molecule has 2 rings (SSSR count). The van der Waals surface area contributed by atoms with E-state index in [1.807, 2.05) is 0 Å². The van der Waals surface area contributed by atoms with Crippen molar-refractivity contribution in [3.8, 4) is 0 Å². The lowest BCUT2D eigenvalue weighted by Gasteiger charge is -1.97. The molecule has 0 saturated carbocycles. The lowest BCUT2D eigenvalue weighted by Crippen LogP contribution is -2.15. The van der Waals surface area contributed by atoms with Crippen LogP contribution in [0.3, 0.4) is 0 Å². The summed E-state index contributed by atoms with van der Waals surface area (Å²) < 4.78 is 5.93. The predicted molar refractivity (Wildman–Crippen MR) is 65.9 cm³/mol. The van der Waals surface area contributed by atoms with Crippen molar-refractivity contribution in [3.63, 3.8) is 0 Å². The predicted octanol–water partition coefficient (Wildman–Crippen LogP) is 1.44. The molecule has 0 atom stereocenters. The van der Waals surface area contributed by atoms with Gasteiger partial charge in [-0.3, -0.25) is 14.9 Å². The Kier molecular flexibility index (Phi) is 3.04. The molecule has 1 aromatic carbocycles. The van der Waals surface area contributed by atoms with Gasteiger partial charge in [0.25, 0.3) is 11.5 Å². The molecule has 0 amide bonds. The number of carbonyl (C=O) groups is 2. The number of methoxy groups -OCH3 is 1. The molecule has 0 aliphatic rings. The van der Waals surface area contributed by atoms with Crippen molar-refractivity contribution in [2.45, 2.75) is 0 Å². The van der Waals surface area contributed by atoms with Crippen LogP contribution in [0, 0.1) is 10.1 Å². The third-order valence-corrected chi connectivity index (χ3v) is 2.80. The molecule has 19 heavy (non-hydrogen) atoms. The number of ketones is 1. The summed E-state index contributed by atoms with van der Waals surface area (Å²) in [6.45, 7) is 0. The van der Waals surface area contributed by atoms with E-state index in [0.29, 0.717) is 10.9 Å². The summed E-state index contributed by atoms with van der Waals surface area (Å²) in [6.07, 6.45) is 1.45. The first kappa shape index (κ1) is 12.7. The maximum Gasteiger partial charge on any atom is 0.379 e. The van der Waals surface area contributed by atoms with Crippen molar-refractivity contribution in [1.29, 1.82) is 0 Å². The second kappa shape index (κ2) is 4.52. The van der Waals surface area contributed by atoms with Crippen molar-refractivity contribution in [1.82, 2.24) is 4.57 Å². The van der Waals surface area contributed by atoms with Gasteiger partial charge in [0.05, 0.1) is 23.1 Å². The van der Waals surface area contributed by atoms with Gasteiger partial charge in [0.1, 0.15) is 0 Å². The van der Waals surface area contributed by atoms with Gasteiger partial charge >= 0.3 is 5.97 Å². The quantitative estimate of drug-likeness (QED) is 0.274. The van der Waals surface area contributed by atoms with Crippen LogP contribution in [0.2, 0.25) is 0 Å². The number of hydrogen-bond donors (Lipinski definition) is 0. The number of benzene rings is 1. The number of nitro groups is 1. The molecule has 1 heterocycles. The van der Waals surface area contributed by atoms with Crippen LogP contribution in [-0.2, 0) is 16.6 Å². The fourth-order valence-electron chi connectivity index (χ4n) is 1.87. The number of hydrogen-bond acceptors (Lipinski definition) is 5. The van der Waals surface area contributed by atoms with E-state index >= 15 is 0 Å². The molecular weight excluding hydrogens is 252 g/mol. The van der Waals surface area contributed by atoms with Crippen molar-refractivity contribution in [2.75, 3.05) is 7.11 Å². The van der Waals surface area contributed by atoms with Crippen molar-refractivity contribution in [2.24, 2.45) is 7.05 Å². The van der Waals surface area contributed by atoms with Crippen LogP contribution in [0.15, 0.2) is 24.4 Å². The highest BCUT2D eigenvalue weighted by molar-refractivity contribution is 6.43. The minimum absolute atomic E-state index is 0.0780. The third-order valence-electron chi connectivity index (χ3n) is 2.80. The second-order valence-corrected chi connectivity index (χ2v) is 3.93. The molecular formula is C12H10N2O5. The summed E-state index contributed by atoms with van der Waals surface area (Å²) in [5.74, 6) is -1.74. The number of non-ortho nitro benzene ring substituents is 1. The number of aromatic nitrogens is 1. The van der Waals surface area contributed by atoms with Gasteiger partial charge in [-0.15, -0.1) is 0 Å². The van der Waals surface area contributed by atoms with Gasteiger partial charge in [0.2, 0.25) is 0 Å². The molecule has 7 heteroatoms. The molecule has 0 unspecified atom stereocenters. The standard InChI is InChI=1S/C12H10N2O5/c1-13-6-9(11(15)12(16)19-2)8-4-3-7(14(17)18)5-10(8)13/h3-6H,1-2H3. The number of ether oxygens (including phenoxy) is 1. The molecule has 7 nitrogen and oxygen atoms in total. The number of aryl methyl sites for hydroxylation is 1. The van der Waals surface area contributed by atoms with Crippen LogP contribution in [-0.4, -0.2) is 28.4 Å². The van der Waals surface area contributed by atoms with Crippen LogP contribution >= 0.6 is 0 Å². The number of Topliss-reactive ketones (excluding diaryl/α,β-unsaturated/α-hetero) is 1. The molecule has 0 bridgehead atoms. The van der Waals surface area contributed by atoms with E-state index in [0.717, 1.165) is 7.11 Å². The zero-order valence-corrected chi connectivity index (χ0v) is 10.2. The largest absolute Gasteiger partial charge is 0.463 e. The van der Waals surface area contributed by atoms with Gasteiger partial charge in [-0.25, -0.2) is 4.79 Å². The average molecular weight is 262 g/mol. The van der Waals surface area contributed by atoms with Crippen LogP contribution in [0.5, 0.6) is 0 Å². The first-order valence-corrected chi connectivity index (χ1v) is 5.32. The Labute approximate surface area is 107 Å². The fourth-order valence-corrected chi connectivity index (χ4v) is 1.87. The number of carbonyl (C=O) groups excluding carboxylic acids is 2. The maximum atomic E-state index is 11.8. The van der Waals surface area contributed by atoms with E-state index in [2.05, 4.69) is 4.74 Å². The Morgan fingerprint density at radius 1 is 1.37 bits per heavy atom. The van der Waals surface area contributed by atoms with Crippen molar-refractivity contribution >= 4 is 28.3 Å². The first-order valence-electron chi connectivity index (χ1n) is 5.32. The average Bonchev–Trinajstić information content (AvgIpc) is 2.74. The van der Waals surface area contributed by atoms with E-state index in [-0.39, 0.29) is 11.3 Å². The van der Waals surface area contributed by atoms with Gasteiger partial charge in [-0.05, 0) is 6.07 Å². The summed E-state index contributed by atoms with van der Waals surface area (Å²) in [5, 5.41) is 11.2. The van der Waals surface area contributed by atoms with E-state index in [4.69, 9.17) is 0 Å². The van der Waals surface area contributed by atoms with Gasteiger partial charge < -0.3 is 9.30 Å². The van der Waals surface area contributed by atoms with Crippen LogP contribution < -0.4 is 0 Å². The molecule has 0 aliphatic heterocycles. The Hall–Kier alpha value is -2.70. The monoisotopic (exact) mass is 262 g/mol. The zero-order chi connectivity index (χ0) is 14.2. The Bertz CT molecular complexity index is 701. The Morgan fingerprint density at radius 2 is 2.05 bits per heavy atom. The summed E-state index contributed by atoms with van der Waals surface area (Å²) >= 11 is 0. The van der Waals surface area contributed by atoms with Gasteiger partial charge in [0, 0.05) is 30.8 Å². The van der Waals surface area contributed by atoms with E-state index in [1.54, 1.807) is 11.6 Å². The number of esters is 1. The Morgan fingerprint density at radius 3 is 2.63 bits per heavy atom. The highest BCUT2D eigenvalue weighted by atomic mass is 16.6. The molecule has 0 aliphatic carbocycles. The van der Waals surface area contributed by atoms with Crippen molar-refractivity contribution in [3.05, 3.63) is 40.1 Å². The molecule has 98 valence electrons. The smallest absolute Gasteiger partial charge is 0.379 e. The SMILES string of the molecule is COC(=O)C(=O)c1cn(C)c2cc([N+](=O)[O-])ccc12. The highest BCUT2D eigenvalue weighted by Crippen LogP contribution is 2.25. The summed E-state index contributed by atoms with van der Waals surface area (Å²) in [6, 6.07) is 4.09. The minimum atomic E-state index is -0.967. The minimum Gasteiger partial charge on any atom is -0.463 e. The number of nitrogens with zero attached hydrogens (tertiary/aromatic N) is 2. The maximum absolute atomic E-state index is 11.8. The summed E-state index contributed by atoms with van der Waals surface area (Å²) in [7, 11) is 2.76. The summed E-state index contributed by atoms with van der Waals surface area (Å²) in [5.41, 5.74) is 0.589. The molecule has 0 N–H and O–H groups in total.